The number of carbonyl (C=O) groups excluding carboxylic acids is 2. The quantitative estimate of drug-likeness (QED) is 0.502. The number of rotatable bonds is 7. The predicted octanol–water partition coefficient (Wildman–Crippen LogP) is 5.19. The first-order chi connectivity index (χ1) is 15.5. The van der Waals surface area contributed by atoms with Crippen LogP contribution in [0.4, 0.5) is 10.1 Å². The van der Waals surface area contributed by atoms with Crippen molar-refractivity contribution in [3.8, 4) is 5.75 Å². The molecule has 0 radical (unpaired) electrons. The first kappa shape index (κ1) is 22.0. The zero-order valence-corrected chi connectivity index (χ0v) is 18.7. The summed E-state index contributed by atoms with van der Waals surface area (Å²) < 4.78 is 18.4. The highest BCUT2D eigenvalue weighted by atomic mass is 32.1. The molecule has 1 aliphatic heterocycles. The summed E-state index contributed by atoms with van der Waals surface area (Å²) in [6.07, 6.45) is 1.69. The Hall–Kier alpha value is -3.19. The van der Waals surface area contributed by atoms with Gasteiger partial charge in [-0.05, 0) is 78.7 Å². The molecule has 0 aliphatic carbocycles. The molecule has 0 spiro atoms. The van der Waals surface area contributed by atoms with Crippen LogP contribution in [0.15, 0.2) is 53.9 Å². The zero-order chi connectivity index (χ0) is 22.5. The molecule has 1 N–H and O–H groups in total. The Morgan fingerprint density at radius 3 is 2.78 bits per heavy atom. The topological polar surface area (TPSA) is 58.6 Å². The van der Waals surface area contributed by atoms with Crippen LogP contribution in [0.5, 0.6) is 5.75 Å². The van der Waals surface area contributed by atoms with E-state index >= 15 is 0 Å². The summed E-state index contributed by atoms with van der Waals surface area (Å²) in [6.45, 7) is 3.55. The molecule has 2 heterocycles. The number of nitrogens with one attached hydrogen (secondary N) is 1. The van der Waals surface area contributed by atoms with Gasteiger partial charge in [0.25, 0.3) is 5.91 Å². The zero-order valence-electron chi connectivity index (χ0n) is 17.9. The number of fused-ring (bicyclic) bond motifs is 1. The third kappa shape index (κ3) is 5.16. The lowest BCUT2D eigenvalue weighted by molar-refractivity contribution is -0.116. The predicted molar refractivity (Wildman–Crippen MR) is 124 cm³/mol. The maximum atomic E-state index is 13.1. The molecule has 0 saturated carbocycles. The minimum absolute atomic E-state index is 0.0110. The summed E-state index contributed by atoms with van der Waals surface area (Å²) in [5.41, 5.74) is 3.25. The Morgan fingerprint density at radius 1 is 1.16 bits per heavy atom. The van der Waals surface area contributed by atoms with Gasteiger partial charge in [-0.3, -0.25) is 9.59 Å². The molecule has 166 valence electrons. The van der Waals surface area contributed by atoms with E-state index in [-0.39, 0.29) is 24.1 Å². The normalized spacial score (nSPS) is 12.9. The van der Waals surface area contributed by atoms with Gasteiger partial charge in [0.1, 0.15) is 11.6 Å². The first-order valence-corrected chi connectivity index (χ1v) is 11.5. The number of anilines is 1. The molecule has 0 bridgehead atoms. The van der Waals surface area contributed by atoms with Crippen LogP contribution in [-0.2, 0) is 17.8 Å². The summed E-state index contributed by atoms with van der Waals surface area (Å²) in [7, 11) is 0. The number of nitrogens with zero attached hydrogens (tertiary/aromatic N) is 1. The minimum Gasteiger partial charge on any atom is -0.494 e. The van der Waals surface area contributed by atoms with Crippen LogP contribution in [0.3, 0.4) is 0 Å². The van der Waals surface area contributed by atoms with Crippen LogP contribution in [0.2, 0.25) is 0 Å². The maximum absolute atomic E-state index is 13.1. The fourth-order valence-electron chi connectivity index (χ4n) is 3.76. The number of halogens is 1. The van der Waals surface area contributed by atoms with E-state index in [1.807, 2.05) is 24.0 Å². The van der Waals surface area contributed by atoms with Crippen molar-refractivity contribution in [2.45, 2.75) is 32.7 Å². The molecule has 0 saturated heterocycles. The number of thiophene rings is 1. The molecule has 1 aromatic heterocycles. The second-order valence-corrected chi connectivity index (χ2v) is 8.78. The Balaban J connectivity index is 1.31. The van der Waals surface area contributed by atoms with Gasteiger partial charge >= 0.3 is 0 Å². The maximum Gasteiger partial charge on any atom is 0.254 e. The van der Waals surface area contributed by atoms with Crippen LogP contribution in [-0.4, -0.2) is 29.9 Å². The van der Waals surface area contributed by atoms with Gasteiger partial charge < -0.3 is 15.0 Å². The molecule has 2 aromatic carbocycles. The van der Waals surface area contributed by atoms with Gasteiger partial charge in [0.05, 0.1) is 6.61 Å². The SMILES string of the molecule is Cc1c(NC(=O)CCCOc2ccc(F)cc2)cccc1C(=O)N1CCc2sccc2C1. The van der Waals surface area contributed by atoms with Crippen LogP contribution < -0.4 is 10.1 Å². The summed E-state index contributed by atoms with van der Waals surface area (Å²) in [5, 5.41) is 4.99. The Morgan fingerprint density at radius 2 is 1.97 bits per heavy atom. The highest BCUT2D eigenvalue weighted by Crippen LogP contribution is 2.27. The summed E-state index contributed by atoms with van der Waals surface area (Å²) >= 11 is 1.75. The van der Waals surface area contributed by atoms with E-state index in [4.69, 9.17) is 4.74 Å². The van der Waals surface area contributed by atoms with Crippen molar-refractivity contribution in [3.05, 3.63) is 81.3 Å². The largest absolute Gasteiger partial charge is 0.494 e. The van der Waals surface area contributed by atoms with Crippen LogP contribution in [0.25, 0.3) is 0 Å². The smallest absolute Gasteiger partial charge is 0.254 e. The number of benzene rings is 2. The summed E-state index contributed by atoms with van der Waals surface area (Å²) in [5.74, 6) is 0.106. The number of carbonyl (C=O) groups is 2. The lowest BCUT2D eigenvalue weighted by Crippen LogP contribution is -2.35. The molecule has 0 fully saturated rings. The lowest BCUT2D eigenvalue weighted by Gasteiger charge is -2.28. The van der Waals surface area contributed by atoms with E-state index in [0.29, 0.717) is 43.1 Å². The van der Waals surface area contributed by atoms with Crippen molar-refractivity contribution < 1.29 is 18.7 Å². The van der Waals surface area contributed by atoms with E-state index in [1.165, 1.54) is 22.6 Å². The molecule has 4 rings (SSSR count). The summed E-state index contributed by atoms with van der Waals surface area (Å²) in [6, 6.07) is 13.3. The standard InChI is InChI=1S/C25H25FN2O3S/c1-17-21(25(30)28-13-11-23-18(16-28)12-15-32-23)4-2-5-22(17)27-24(29)6-3-14-31-20-9-7-19(26)8-10-20/h2,4-5,7-10,12,15H,3,6,11,13-14,16H2,1H3,(H,27,29). The first-order valence-electron chi connectivity index (χ1n) is 10.6. The van der Waals surface area contributed by atoms with Crippen LogP contribution >= 0.6 is 11.3 Å². The molecule has 7 heteroatoms. The number of hydrogen-bond donors (Lipinski definition) is 1. The van der Waals surface area contributed by atoms with E-state index in [0.717, 1.165) is 12.0 Å². The number of hydrogen-bond acceptors (Lipinski definition) is 4. The van der Waals surface area contributed by atoms with Crippen LogP contribution in [0.1, 0.15) is 39.2 Å². The fourth-order valence-corrected chi connectivity index (χ4v) is 4.65. The van der Waals surface area contributed by atoms with E-state index in [2.05, 4.69) is 16.8 Å². The minimum atomic E-state index is -0.315. The van der Waals surface area contributed by atoms with E-state index in [9.17, 15) is 14.0 Å². The van der Waals surface area contributed by atoms with E-state index < -0.39 is 0 Å². The van der Waals surface area contributed by atoms with Gasteiger partial charge in [-0.15, -0.1) is 11.3 Å². The van der Waals surface area contributed by atoms with Crippen molar-refractivity contribution in [3.63, 3.8) is 0 Å². The highest BCUT2D eigenvalue weighted by Gasteiger charge is 2.24. The molecule has 32 heavy (non-hydrogen) atoms. The molecule has 1 aliphatic rings. The fraction of sp³-hybridized carbons (Fsp3) is 0.280. The molecular formula is C25H25FN2O3S. The molecular weight excluding hydrogens is 427 g/mol. The molecule has 0 atom stereocenters. The molecule has 3 aromatic rings. The van der Waals surface area contributed by atoms with Gasteiger partial charge in [-0.2, -0.15) is 0 Å². The second kappa shape index (κ2) is 9.96. The van der Waals surface area contributed by atoms with Gasteiger partial charge in [0.15, 0.2) is 0 Å². The Kier molecular flexibility index (Phi) is 6.85. The molecule has 2 amide bonds. The van der Waals surface area contributed by atoms with Crippen molar-refractivity contribution in [1.82, 2.24) is 4.90 Å². The van der Waals surface area contributed by atoms with Gasteiger partial charge in [-0.1, -0.05) is 6.07 Å². The molecule has 5 nitrogen and oxygen atoms in total. The van der Waals surface area contributed by atoms with Gasteiger partial charge in [0, 0.05) is 35.6 Å². The highest BCUT2D eigenvalue weighted by molar-refractivity contribution is 7.10. The average Bonchev–Trinajstić information content (AvgIpc) is 3.27. The second-order valence-electron chi connectivity index (χ2n) is 7.78. The monoisotopic (exact) mass is 452 g/mol. The van der Waals surface area contributed by atoms with Crippen molar-refractivity contribution >= 4 is 28.8 Å². The third-order valence-electron chi connectivity index (χ3n) is 5.56. The van der Waals surface area contributed by atoms with Gasteiger partial charge in [0.2, 0.25) is 5.91 Å². The summed E-state index contributed by atoms with van der Waals surface area (Å²) in [4.78, 5) is 28.8. The van der Waals surface area contributed by atoms with Crippen molar-refractivity contribution in [2.24, 2.45) is 0 Å². The lowest BCUT2D eigenvalue weighted by atomic mass is 10.0. The van der Waals surface area contributed by atoms with E-state index in [1.54, 1.807) is 29.5 Å². The van der Waals surface area contributed by atoms with Crippen LogP contribution in [0, 0.1) is 12.7 Å². The number of ether oxygens (including phenoxy) is 1. The average molecular weight is 453 g/mol. The van der Waals surface area contributed by atoms with Gasteiger partial charge in [-0.25, -0.2) is 4.39 Å². The molecule has 0 unspecified atom stereocenters. The Labute approximate surface area is 190 Å². The van der Waals surface area contributed by atoms with Crippen molar-refractivity contribution in [2.75, 3.05) is 18.5 Å². The number of amides is 2. The van der Waals surface area contributed by atoms with Crippen molar-refractivity contribution in [1.29, 1.82) is 0 Å². The Bertz CT molecular complexity index is 1110. The third-order valence-corrected chi connectivity index (χ3v) is 6.59.